The maximum atomic E-state index is 13.1. The first-order chi connectivity index (χ1) is 14.3. The van der Waals surface area contributed by atoms with Crippen LogP contribution in [0.15, 0.2) is 24.3 Å². The molecule has 0 bridgehead atoms. The van der Waals surface area contributed by atoms with Crippen LogP contribution in [0.4, 0.5) is 0 Å². The van der Waals surface area contributed by atoms with Crippen molar-refractivity contribution in [1.82, 2.24) is 0 Å². The molecule has 0 amide bonds. The van der Waals surface area contributed by atoms with Crippen molar-refractivity contribution in [3.05, 3.63) is 52.1 Å². The minimum atomic E-state index is -1.45. The Morgan fingerprint density at radius 3 is 2.33 bits per heavy atom. The van der Waals surface area contributed by atoms with Gasteiger partial charge in [0.15, 0.2) is 5.78 Å². The van der Waals surface area contributed by atoms with Gasteiger partial charge in [-0.25, -0.2) is 0 Å². The molecule has 0 aromatic heterocycles. The first-order valence-electron chi connectivity index (χ1n) is 9.21. The number of aliphatic hydroxyl groups is 3. The first kappa shape index (κ1) is 20.3. The van der Waals surface area contributed by atoms with Crippen molar-refractivity contribution in [2.24, 2.45) is 0 Å². The number of aryl methyl sites for hydroxylation is 1. The summed E-state index contributed by atoms with van der Waals surface area (Å²) in [6.45, 7) is 1.23. The van der Waals surface area contributed by atoms with Gasteiger partial charge in [-0.05, 0) is 30.7 Å². The summed E-state index contributed by atoms with van der Waals surface area (Å²) in [4.78, 5) is 26.1. The maximum Gasteiger partial charge on any atom is 0.229 e. The zero-order chi connectivity index (χ0) is 21.7. The lowest BCUT2D eigenvalue weighted by Gasteiger charge is -2.23. The zero-order valence-corrected chi connectivity index (χ0v) is 16.2. The van der Waals surface area contributed by atoms with Gasteiger partial charge in [0.25, 0.3) is 0 Å². The van der Waals surface area contributed by atoms with E-state index in [0.29, 0.717) is 0 Å². The van der Waals surface area contributed by atoms with Crippen LogP contribution in [-0.2, 0) is 4.74 Å². The van der Waals surface area contributed by atoms with Gasteiger partial charge in [0.2, 0.25) is 12.1 Å². The molecule has 4 unspecified atom stereocenters. The van der Waals surface area contributed by atoms with E-state index in [4.69, 9.17) is 14.2 Å². The number of methoxy groups -OCH3 is 1. The molecule has 1 aliphatic carbocycles. The molecule has 9 nitrogen and oxygen atoms in total. The molecule has 0 spiro atoms. The van der Waals surface area contributed by atoms with Crippen molar-refractivity contribution < 1.29 is 44.2 Å². The van der Waals surface area contributed by atoms with Crippen molar-refractivity contribution in [2.75, 3.05) is 13.7 Å². The predicted octanol–water partition coefficient (Wildman–Crippen LogP) is 0.302. The lowest BCUT2D eigenvalue weighted by molar-refractivity contribution is -0.116. The van der Waals surface area contributed by atoms with Gasteiger partial charge in [0.05, 0.1) is 24.8 Å². The average Bonchev–Trinajstić information content (AvgIpc) is 2.98. The fourth-order valence-corrected chi connectivity index (χ4v) is 3.78. The normalized spacial score (nSPS) is 25.1. The van der Waals surface area contributed by atoms with Crippen LogP contribution < -0.4 is 9.47 Å². The third kappa shape index (κ3) is 3.03. The average molecular weight is 416 g/mol. The van der Waals surface area contributed by atoms with Gasteiger partial charge in [-0.2, -0.15) is 0 Å². The van der Waals surface area contributed by atoms with Crippen LogP contribution >= 0.6 is 0 Å². The number of hydrogen-bond acceptors (Lipinski definition) is 9. The summed E-state index contributed by atoms with van der Waals surface area (Å²) >= 11 is 0. The highest BCUT2D eigenvalue weighted by atomic mass is 16.7. The van der Waals surface area contributed by atoms with E-state index < -0.39 is 48.5 Å². The molecule has 0 radical (unpaired) electrons. The largest absolute Gasteiger partial charge is 0.507 e. The molecule has 1 heterocycles. The molecule has 9 heteroatoms. The number of ether oxygens (including phenoxy) is 3. The topological polar surface area (TPSA) is 143 Å². The Labute approximate surface area is 171 Å². The highest BCUT2D eigenvalue weighted by molar-refractivity contribution is 6.30. The summed E-state index contributed by atoms with van der Waals surface area (Å²) in [7, 11) is 1.39. The molecule has 0 saturated carbocycles. The second-order valence-corrected chi connectivity index (χ2v) is 7.24. The summed E-state index contributed by atoms with van der Waals surface area (Å²) in [6.07, 6.45) is -5.19. The third-order valence-corrected chi connectivity index (χ3v) is 5.25. The van der Waals surface area contributed by atoms with E-state index in [1.54, 1.807) is 19.1 Å². The van der Waals surface area contributed by atoms with Crippen molar-refractivity contribution >= 4 is 11.6 Å². The molecular weight excluding hydrogens is 396 g/mol. The van der Waals surface area contributed by atoms with Gasteiger partial charge < -0.3 is 34.6 Å². The van der Waals surface area contributed by atoms with Crippen LogP contribution in [-0.4, -0.2) is 70.3 Å². The second kappa shape index (κ2) is 7.37. The Kier molecular flexibility index (Phi) is 4.99. The zero-order valence-electron chi connectivity index (χ0n) is 16.2. The Bertz CT molecular complexity index is 1050. The van der Waals surface area contributed by atoms with Gasteiger partial charge in [-0.3, -0.25) is 9.59 Å². The molecule has 158 valence electrons. The highest BCUT2D eigenvalue weighted by Crippen LogP contribution is 2.40. The summed E-state index contributed by atoms with van der Waals surface area (Å²) < 4.78 is 16.0. The number of fused-ring (bicyclic) bond motifs is 2. The number of phenolic OH excluding ortho intramolecular Hbond substituents is 1. The fourth-order valence-electron chi connectivity index (χ4n) is 3.78. The van der Waals surface area contributed by atoms with E-state index in [0.717, 1.165) is 11.6 Å². The van der Waals surface area contributed by atoms with Crippen LogP contribution in [0.1, 0.15) is 37.4 Å². The van der Waals surface area contributed by atoms with E-state index in [-0.39, 0.29) is 33.8 Å². The monoisotopic (exact) mass is 416 g/mol. The van der Waals surface area contributed by atoms with Gasteiger partial charge in [0.1, 0.15) is 35.6 Å². The lowest BCUT2D eigenvalue weighted by Crippen LogP contribution is -2.35. The van der Waals surface area contributed by atoms with E-state index in [9.17, 15) is 30.0 Å². The number of carbonyl (C=O) groups is 2. The third-order valence-electron chi connectivity index (χ3n) is 5.25. The molecule has 2 aromatic carbocycles. The smallest absolute Gasteiger partial charge is 0.229 e. The molecular formula is C21H20O9. The van der Waals surface area contributed by atoms with Crippen LogP contribution in [0.2, 0.25) is 0 Å². The molecule has 1 saturated heterocycles. The van der Waals surface area contributed by atoms with E-state index in [1.165, 1.54) is 13.2 Å². The number of hydrogen-bond donors (Lipinski definition) is 4. The maximum absolute atomic E-state index is 13.1. The van der Waals surface area contributed by atoms with Gasteiger partial charge in [0, 0.05) is 17.2 Å². The van der Waals surface area contributed by atoms with Gasteiger partial charge in [-0.1, -0.05) is 0 Å². The summed E-state index contributed by atoms with van der Waals surface area (Å²) in [6, 6.07) is 5.58. The van der Waals surface area contributed by atoms with Gasteiger partial charge >= 0.3 is 0 Å². The van der Waals surface area contributed by atoms with Crippen molar-refractivity contribution in [3.8, 4) is 17.2 Å². The molecule has 4 atom stereocenters. The number of benzene rings is 2. The van der Waals surface area contributed by atoms with Crippen molar-refractivity contribution in [2.45, 2.75) is 31.5 Å². The van der Waals surface area contributed by atoms with Crippen LogP contribution in [0, 0.1) is 6.92 Å². The van der Waals surface area contributed by atoms with Crippen molar-refractivity contribution in [1.29, 1.82) is 0 Å². The summed E-state index contributed by atoms with van der Waals surface area (Å²) in [5.74, 6) is -1.36. The van der Waals surface area contributed by atoms with Crippen LogP contribution in [0.25, 0.3) is 0 Å². The number of ketones is 2. The van der Waals surface area contributed by atoms with E-state index in [2.05, 4.69) is 0 Å². The van der Waals surface area contributed by atoms with Crippen LogP contribution in [0.5, 0.6) is 17.2 Å². The number of aliphatic hydroxyl groups excluding tert-OH is 3. The molecule has 1 aliphatic heterocycles. The summed E-state index contributed by atoms with van der Waals surface area (Å²) in [5.41, 5.74) is 0.699. The number of rotatable bonds is 4. The molecule has 30 heavy (non-hydrogen) atoms. The Morgan fingerprint density at radius 1 is 1.00 bits per heavy atom. The number of phenols is 1. The molecule has 2 aliphatic rings. The van der Waals surface area contributed by atoms with Crippen molar-refractivity contribution in [3.63, 3.8) is 0 Å². The lowest BCUT2D eigenvalue weighted by atomic mass is 9.82. The molecule has 2 aromatic rings. The number of aromatic hydroxyl groups is 1. The molecule has 1 fully saturated rings. The van der Waals surface area contributed by atoms with Gasteiger partial charge in [-0.15, -0.1) is 0 Å². The van der Waals surface area contributed by atoms with Crippen LogP contribution in [0.3, 0.4) is 0 Å². The van der Waals surface area contributed by atoms with E-state index >= 15 is 0 Å². The second-order valence-electron chi connectivity index (χ2n) is 7.24. The molecule has 4 N–H and O–H groups in total. The minimum absolute atomic E-state index is 0.0506. The fraction of sp³-hybridized carbons (Fsp3) is 0.333. The first-order valence-corrected chi connectivity index (χ1v) is 9.21. The highest BCUT2D eigenvalue weighted by Gasteiger charge is 2.44. The Hall–Kier alpha value is -2.98. The van der Waals surface area contributed by atoms with E-state index in [1.807, 2.05) is 0 Å². The predicted molar refractivity (Wildman–Crippen MR) is 101 cm³/mol. The number of carbonyl (C=O) groups excluding carboxylic acids is 2. The standard InChI is InChI=1S/C21H20O9/c1-8-3-10-16(13(4-8)28-2)19(26)15-11(17(10)24)5-9(6-12(15)23)29-21-20(27)18(25)14(7-22)30-21/h3-6,14,18,20-23,25,27H,7H2,1-2H3. The summed E-state index contributed by atoms with van der Waals surface area (Å²) in [5, 5.41) is 39.5. The minimum Gasteiger partial charge on any atom is -0.507 e. The SMILES string of the molecule is COc1cc(C)cc2c1C(=O)c1c(O)cc(OC3OC(CO)C(O)C3O)cc1C2=O. The quantitative estimate of drug-likeness (QED) is 0.472. The Morgan fingerprint density at radius 2 is 1.70 bits per heavy atom. The molecule has 4 rings (SSSR count). The Balaban J connectivity index is 1.74.